The molecule has 4 rings (SSSR count). The fourth-order valence-electron chi connectivity index (χ4n) is 2.82. The molecule has 0 fully saturated rings. The van der Waals surface area contributed by atoms with Crippen molar-refractivity contribution in [3.63, 3.8) is 0 Å². The van der Waals surface area contributed by atoms with E-state index in [-0.39, 0.29) is 0 Å². The van der Waals surface area contributed by atoms with Crippen LogP contribution in [0.3, 0.4) is 0 Å². The Hall–Kier alpha value is -3.94. The summed E-state index contributed by atoms with van der Waals surface area (Å²) in [4.78, 5) is 22.6. The summed E-state index contributed by atoms with van der Waals surface area (Å²) >= 11 is 0. The number of rotatable bonds is 6. The molecule has 0 unspecified atom stereocenters. The number of aromatic nitrogens is 4. The van der Waals surface area contributed by atoms with Crippen molar-refractivity contribution in [1.82, 2.24) is 19.7 Å². The van der Waals surface area contributed by atoms with Crippen molar-refractivity contribution in [3.8, 4) is 17.4 Å². The van der Waals surface area contributed by atoms with Gasteiger partial charge in [-0.05, 0) is 30.2 Å². The van der Waals surface area contributed by atoms with E-state index < -0.39 is 6.03 Å². The first-order chi connectivity index (χ1) is 13.7. The minimum atomic E-state index is -0.591. The number of primary amides is 1. The van der Waals surface area contributed by atoms with Crippen molar-refractivity contribution in [2.75, 3.05) is 11.4 Å². The van der Waals surface area contributed by atoms with E-state index in [2.05, 4.69) is 15.1 Å². The van der Waals surface area contributed by atoms with Crippen molar-refractivity contribution in [2.45, 2.75) is 6.42 Å². The molecule has 0 aliphatic rings. The average Bonchev–Trinajstić information content (AvgIpc) is 3.43. The molecule has 140 valence electrons. The smallest absolute Gasteiger partial charge is 0.320 e. The van der Waals surface area contributed by atoms with E-state index in [1.165, 1.54) is 4.90 Å². The van der Waals surface area contributed by atoms with Crippen LogP contribution < -0.4 is 10.6 Å². The van der Waals surface area contributed by atoms with Gasteiger partial charge in [0.2, 0.25) is 0 Å². The zero-order valence-electron chi connectivity index (χ0n) is 15.0. The second-order valence-electron chi connectivity index (χ2n) is 6.06. The lowest BCUT2D eigenvalue weighted by Gasteiger charge is -2.20. The highest BCUT2D eigenvalue weighted by Crippen LogP contribution is 2.22. The number of amides is 2. The minimum absolute atomic E-state index is 0.346. The fourth-order valence-corrected chi connectivity index (χ4v) is 2.82. The fraction of sp³-hybridized carbons (Fsp3) is 0.100. The van der Waals surface area contributed by atoms with Gasteiger partial charge < -0.3 is 10.2 Å². The molecule has 3 heterocycles. The van der Waals surface area contributed by atoms with Gasteiger partial charge in [-0.1, -0.05) is 30.3 Å². The number of carbonyl (C=O) groups is 1. The van der Waals surface area contributed by atoms with Gasteiger partial charge in [-0.2, -0.15) is 5.10 Å². The summed E-state index contributed by atoms with van der Waals surface area (Å²) in [5, 5.41) is 4.21. The third-order valence-electron chi connectivity index (χ3n) is 4.19. The summed E-state index contributed by atoms with van der Waals surface area (Å²) in [5.74, 6) is 1.73. The van der Waals surface area contributed by atoms with Crippen LogP contribution in [0, 0.1) is 0 Å². The first kappa shape index (κ1) is 17.5. The number of benzene rings is 1. The highest BCUT2D eigenvalue weighted by molar-refractivity contribution is 5.90. The van der Waals surface area contributed by atoms with Crippen molar-refractivity contribution in [2.24, 2.45) is 5.73 Å². The van der Waals surface area contributed by atoms with Gasteiger partial charge in [-0.15, -0.1) is 0 Å². The van der Waals surface area contributed by atoms with Crippen LogP contribution in [0.15, 0.2) is 77.7 Å². The molecule has 0 bridgehead atoms. The Bertz CT molecular complexity index is 993. The summed E-state index contributed by atoms with van der Waals surface area (Å²) in [6.07, 6.45) is 5.59. The topological polar surface area (TPSA) is 103 Å². The van der Waals surface area contributed by atoms with Gasteiger partial charge >= 0.3 is 6.03 Å². The second kappa shape index (κ2) is 7.75. The van der Waals surface area contributed by atoms with Gasteiger partial charge in [-0.25, -0.2) is 19.4 Å². The number of carbonyl (C=O) groups excluding carboxylic acids is 1. The highest BCUT2D eigenvalue weighted by atomic mass is 16.3. The zero-order valence-corrected chi connectivity index (χ0v) is 15.0. The monoisotopic (exact) mass is 374 g/mol. The van der Waals surface area contributed by atoms with Gasteiger partial charge in [0.1, 0.15) is 5.82 Å². The van der Waals surface area contributed by atoms with Crippen LogP contribution in [-0.2, 0) is 6.42 Å². The molecule has 1 aromatic carbocycles. The zero-order chi connectivity index (χ0) is 19.3. The molecular weight excluding hydrogens is 356 g/mol. The Morgan fingerprint density at radius 3 is 2.64 bits per heavy atom. The van der Waals surface area contributed by atoms with Gasteiger partial charge in [0, 0.05) is 25.0 Å². The molecule has 0 saturated heterocycles. The molecule has 3 aromatic heterocycles. The summed E-state index contributed by atoms with van der Waals surface area (Å²) < 4.78 is 7.02. The molecule has 2 N–H and O–H groups in total. The van der Waals surface area contributed by atoms with Crippen LogP contribution in [-0.4, -0.2) is 32.3 Å². The van der Waals surface area contributed by atoms with Crippen LogP contribution in [0.25, 0.3) is 17.4 Å². The lowest BCUT2D eigenvalue weighted by Crippen LogP contribution is -2.38. The molecule has 4 aromatic rings. The predicted molar refractivity (Wildman–Crippen MR) is 104 cm³/mol. The Morgan fingerprint density at radius 2 is 1.96 bits per heavy atom. The van der Waals surface area contributed by atoms with E-state index in [9.17, 15) is 4.79 Å². The number of hydrogen-bond donors (Lipinski definition) is 1. The quantitative estimate of drug-likeness (QED) is 0.559. The van der Waals surface area contributed by atoms with E-state index in [4.69, 9.17) is 10.2 Å². The van der Waals surface area contributed by atoms with Crippen molar-refractivity contribution in [3.05, 3.63) is 78.8 Å². The van der Waals surface area contributed by atoms with Crippen LogP contribution in [0.1, 0.15) is 5.56 Å². The third kappa shape index (κ3) is 3.75. The Labute approximate surface area is 161 Å². The molecule has 0 radical (unpaired) electrons. The lowest BCUT2D eigenvalue weighted by molar-refractivity contribution is 0.254. The van der Waals surface area contributed by atoms with Gasteiger partial charge in [-0.3, -0.25) is 4.90 Å². The number of furan rings is 1. The molecule has 2 amide bonds. The maximum Gasteiger partial charge on any atom is 0.320 e. The summed E-state index contributed by atoms with van der Waals surface area (Å²) in [7, 11) is 0. The predicted octanol–water partition coefficient (Wildman–Crippen LogP) is 3.05. The first-order valence-electron chi connectivity index (χ1n) is 8.74. The SMILES string of the molecule is NC(=O)N(CCc1ccccc1)c1cc(-n2cccn2)nc(-c2ccco2)n1. The van der Waals surface area contributed by atoms with Crippen molar-refractivity contribution >= 4 is 11.8 Å². The summed E-state index contributed by atoms with van der Waals surface area (Å²) in [5.41, 5.74) is 6.75. The Balaban J connectivity index is 1.71. The van der Waals surface area contributed by atoms with Crippen LogP contribution >= 0.6 is 0 Å². The van der Waals surface area contributed by atoms with E-state index in [0.29, 0.717) is 36.2 Å². The maximum atomic E-state index is 12.2. The van der Waals surface area contributed by atoms with Gasteiger partial charge in [0.25, 0.3) is 0 Å². The van der Waals surface area contributed by atoms with Crippen LogP contribution in [0.2, 0.25) is 0 Å². The van der Waals surface area contributed by atoms with E-state index >= 15 is 0 Å². The molecule has 8 heteroatoms. The van der Waals surface area contributed by atoms with Crippen LogP contribution in [0.4, 0.5) is 10.6 Å². The minimum Gasteiger partial charge on any atom is -0.461 e. The number of hydrogen-bond acceptors (Lipinski definition) is 5. The molecule has 8 nitrogen and oxygen atoms in total. The van der Waals surface area contributed by atoms with Gasteiger partial charge in [0.15, 0.2) is 17.4 Å². The number of nitrogens with zero attached hydrogens (tertiary/aromatic N) is 5. The second-order valence-corrected chi connectivity index (χ2v) is 6.06. The number of nitrogens with two attached hydrogens (primary N) is 1. The van der Waals surface area contributed by atoms with Gasteiger partial charge in [0.05, 0.1) is 6.26 Å². The largest absolute Gasteiger partial charge is 0.461 e. The molecule has 0 aliphatic carbocycles. The normalized spacial score (nSPS) is 10.7. The highest BCUT2D eigenvalue weighted by Gasteiger charge is 2.19. The molecule has 0 spiro atoms. The van der Waals surface area contributed by atoms with E-state index in [0.717, 1.165) is 5.56 Å². The Kier molecular flexibility index (Phi) is 4.83. The van der Waals surface area contributed by atoms with E-state index in [1.54, 1.807) is 47.6 Å². The molecular formula is C20H18N6O2. The van der Waals surface area contributed by atoms with Crippen molar-refractivity contribution in [1.29, 1.82) is 0 Å². The van der Waals surface area contributed by atoms with Crippen LogP contribution in [0.5, 0.6) is 0 Å². The lowest BCUT2D eigenvalue weighted by atomic mass is 10.1. The molecule has 0 saturated carbocycles. The third-order valence-corrected chi connectivity index (χ3v) is 4.19. The molecule has 0 aliphatic heterocycles. The number of anilines is 1. The average molecular weight is 374 g/mol. The summed E-state index contributed by atoms with van der Waals surface area (Å²) in [6, 6.07) is 16.2. The van der Waals surface area contributed by atoms with Crippen molar-refractivity contribution < 1.29 is 9.21 Å². The Morgan fingerprint density at radius 1 is 1.11 bits per heavy atom. The van der Waals surface area contributed by atoms with E-state index in [1.807, 2.05) is 30.3 Å². The summed E-state index contributed by atoms with van der Waals surface area (Å²) in [6.45, 7) is 0.381. The standard InChI is InChI=1S/C20H18N6O2/c21-20(27)25(12-9-15-6-2-1-3-7-15)17-14-18(26-11-5-10-22-26)24-19(23-17)16-8-4-13-28-16/h1-8,10-11,13-14H,9,12H2,(H2,21,27). The molecule has 0 atom stereocenters. The molecule has 28 heavy (non-hydrogen) atoms. The maximum absolute atomic E-state index is 12.2. The number of urea groups is 1. The first-order valence-corrected chi connectivity index (χ1v) is 8.74.